The number of rotatable bonds is 2. The van der Waals surface area contributed by atoms with E-state index in [1.54, 1.807) is 13.0 Å². The molecular formula is C10H12N2O2. The van der Waals surface area contributed by atoms with Crippen molar-refractivity contribution in [3.63, 3.8) is 0 Å². The van der Waals surface area contributed by atoms with Crippen molar-refractivity contribution < 1.29 is 9.90 Å². The largest absolute Gasteiger partial charge is 0.385 e. The molecule has 1 aliphatic rings. The predicted octanol–water partition coefficient (Wildman–Crippen LogP) is 0.470. The van der Waals surface area contributed by atoms with Crippen molar-refractivity contribution in [1.29, 1.82) is 0 Å². The first-order valence-electron chi connectivity index (χ1n) is 4.53. The molecule has 0 unspecified atom stereocenters. The zero-order chi connectivity index (χ0) is 10.3. The first-order chi connectivity index (χ1) is 6.54. The molecule has 1 heterocycles. The molecule has 0 bridgehead atoms. The second-order valence-corrected chi connectivity index (χ2v) is 3.73. The maximum atomic E-state index is 11.0. The number of aromatic nitrogens is 1. The van der Waals surface area contributed by atoms with Gasteiger partial charge < -0.3 is 10.8 Å². The van der Waals surface area contributed by atoms with Gasteiger partial charge in [-0.3, -0.25) is 9.78 Å². The average Bonchev–Trinajstić information content (AvgIpc) is 2.84. The van der Waals surface area contributed by atoms with Gasteiger partial charge in [-0.25, -0.2) is 0 Å². The molecular weight excluding hydrogens is 180 g/mol. The summed E-state index contributed by atoms with van der Waals surface area (Å²) in [6.07, 6.45) is 3.00. The highest BCUT2D eigenvalue weighted by atomic mass is 16.3. The van der Waals surface area contributed by atoms with Crippen LogP contribution in [0.1, 0.15) is 34.5 Å². The molecule has 3 N–H and O–H groups in total. The Hall–Kier alpha value is -1.42. The van der Waals surface area contributed by atoms with E-state index in [1.807, 2.05) is 0 Å². The first-order valence-corrected chi connectivity index (χ1v) is 4.53. The first kappa shape index (κ1) is 9.15. The van der Waals surface area contributed by atoms with E-state index in [0.29, 0.717) is 5.56 Å². The Labute approximate surface area is 81.8 Å². The molecule has 0 atom stereocenters. The number of carbonyl (C=O) groups is 1. The van der Waals surface area contributed by atoms with Crippen LogP contribution in [0.15, 0.2) is 12.3 Å². The lowest BCUT2D eigenvalue weighted by atomic mass is 10.0. The van der Waals surface area contributed by atoms with Crippen LogP contribution in [0.25, 0.3) is 0 Å². The summed E-state index contributed by atoms with van der Waals surface area (Å²) in [7, 11) is 0. The van der Waals surface area contributed by atoms with Crippen LogP contribution in [-0.2, 0) is 5.60 Å². The van der Waals surface area contributed by atoms with Gasteiger partial charge in [0.05, 0.1) is 5.60 Å². The second-order valence-electron chi connectivity index (χ2n) is 3.73. The lowest BCUT2D eigenvalue weighted by Gasteiger charge is -2.12. The van der Waals surface area contributed by atoms with Gasteiger partial charge in [0.1, 0.15) is 5.69 Å². The third-order valence-electron chi connectivity index (χ3n) is 2.66. The van der Waals surface area contributed by atoms with Crippen molar-refractivity contribution in [3.05, 3.63) is 29.1 Å². The number of primary amides is 1. The summed E-state index contributed by atoms with van der Waals surface area (Å²) >= 11 is 0. The molecule has 4 nitrogen and oxygen atoms in total. The number of nitrogens with zero attached hydrogens (tertiary/aromatic N) is 1. The van der Waals surface area contributed by atoms with E-state index in [9.17, 15) is 9.90 Å². The Morgan fingerprint density at radius 3 is 2.79 bits per heavy atom. The molecule has 0 radical (unpaired) electrons. The SMILES string of the molecule is Cc1c(C2(O)CC2)ccnc1C(N)=O. The Bertz CT molecular complexity index is 397. The van der Waals surface area contributed by atoms with E-state index in [-0.39, 0.29) is 5.69 Å². The number of nitrogens with two attached hydrogens (primary N) is 1. The van der Waals surface area contributed by atoms with Crippen molar-refractivity contribution in [2.45, 2.75) is 25.4 Å². The molecule has 0 spiro atoms. The number of carbonyl (C=O) groups excluding carboxylic acids is 1. The molecule has 1 saturated carbocycles. The Morgan fingerprint density at radius 2 is 2.29 bits per heavy atom. The van der Waals surface area contributed by atoms with Gasteiger partial charge in [-0.15, -0.1) is 0 Å². The molecule has 74 valence electrons. The fourth-order valence-corrected chi connectivity index (χ4v) is 1.68. The Morgan fingerprint density at radius 1 is 1.64 bits per heavy atom. The summed E-state index contributed by atoms with van der Waals surface area (Å²) in [4.78, 5) is 14.9. The molecule has 1 aromatic heterocycles. The minimum Gasteiger partial charge on any atom is -0.385 e. The zero-order valence-corrected chi connectivity index (χ0v) is 7.95. The summed E-state index contributed by atoms with van der Waals surface area (Å²) in [6.45, 7) is 1.76. The smallest absolute Gasteiger partial charge is 0.267 e. The fraction of sp³-hybridized carbons (Fsp3) is 0.400. The summed E-state index contributed by atoms with van der Waals surface area (Å²) in [5.41, 5.74) is 6.15. The van der Waals surface area contributed by atoms with Crippen LogP contribution in [0, 0.1) is 6.92 Å². The Balaban J connectivity index is 2.52. The van der Waals surface area contributed by atoms with Crippen LogP contribution in [0.2, 0.25) is 0 Å². The summed E-state index contributed by atoms with van der Waals surface area (Å²) in [5, 5.41) is 9.91. The number of hydrogen-bond donors (Lipinski definition) is 2. The van der Waals surface area contributed by atoms with Gasteiger partial charge in [0.15, 0.2) is 0 Å². The van der Waals surface area contributed by atoms with E-state index in [0.717, 1.165) is 18.4 Å². The van der Waals surface area contributed by atoms with Gasteiger partial charge >= 0.3 is 0 Å². The predicted molar refractivity (Wildman–Crippen MR) is 50.6 cm³/mol. The van der Waals surface area contributed by atoms with E-state index < -0.39 is 11.5 Å². The van der Waals surface area contributed by atoms with Gasteiger partial charge in [-0.05, 0) is 37.0 Å². The average molecular weight is 192 g/mol. The molecule has 2 rings (SSSR count). The normalized spacial score (nSPS) is 17.9. The molecule has 14 heavy (non-hydrogen) atoms. The third kappa shape index (κ3) is 1.28. The van der Waals surface area contributed by atoms with Gasteiger partial charge in [0.25, 0.3) is 5.91 Å². The Kier molecular flexibility index (Phi) is 1.82. The fourth-order valence-electron chi connectivity index (χ4n) is 1.68. The quantitative estimate of drug-likeness (QED) is 0.715. The third-order valence-corrected chi connectivity index (χ3v) is 2.66. The van der Waals surface area contributed by atoms with Crippen molar-refractivity contribution >= 4 is 5.91 Å². The van der Waals surface area contributed by atoms with Crippen LogP contribution in [0.3, 0.4) is 0 Å². The monoisotopic (exact) mass is 192 g/mol. The van der Waals surface area contributed by atoms with E-state index in [1.165, 1.54) is 6.20 Å². The molecule has 0 aliphatic heterocycles. The van der Waals surface area contributed by atoms with Crippen LogP contribution < -0.4 is 5.73 Å². The van der Waals surface area contributed by atoms with E-state index in [2.05, 4.69) is 4.98 Å². The molecule has 1 amide bonds. The molecule has 1 aromatic rings. The lowest BCUT2D eigenvalue weighted by molar-refractivity contribution is 0.0994. The maximum Gasteiger partial charge on any atom is 0.267 e. The number of hydrogen-bond acceptors (Lipinski definition) is 3. The maximum absolute atomic E-state index is 11.0. The molecule has 1 aliphatic carbocycles. The second kappa shape index (κ2) is 2.78. The minimum atomic E-state index is -0.739. The summed E-state index contributed by atoms with van der Waals surface area (Å²) < 4.78 is 0. The van der Waals surface area contributed by atoms with Crippen LogP contribution in [-0.4, -0.2) is 16.0 Å². The summed E-state index contributed by atoms with van der Waals surface area (Å²) in [5.74, 6) is -0.548. The standard InChI is InChI=1S/C10H12N2O2/c1-6-7(10(14)3-4-10)2-5-12-8(6)9(11)13/h2,5,14H,3-4H2,1H3,(H2,11,13). The minimum absolute atomic E-state index is 0.253. The highest BCUT2D eigenvalue weighted by Crippen LogP contribution is 2.46. The van der Waals surface area contributed by atoms with Crippen molar-refractivity contribution in [2.24, 2.45) is 5.73 Å². The van der Waals surface area contributed by atoms with Crippen LogP contribution >= 0.6 is 0 Å². The number of amides is 1. The lowest BCUT2D eigenvalue weighted by Crippen LogP contribution is -2.18. The molecule has 1 fully saturated rings. The van der Waals surface area contributed by atoms with Gasteiger partial charge in [-0.1, -0.05) is 0 Å². The number of aliphatic hydroxyl groups is 1. The van der Waals surface area contributed by atoms with Crippen LogP contribution in [0.5, 0.6) is 0 Å². The van der Waals surface area contributed by atoms with Gasteiger partial charge in [-0.2, -0.15) is 0 Å². The van der Waals surface area contributed by atoms with Crippen molar-refractivity contribution in [2.75, 3.05) is 0 Å². The topological polar surface area (TPSA) is 76.2 Å². The summed E-state index contributed by atoms with van der Waals surface area (Å²) in [6, 6.07) is 1.74. The molecule has 4 heteroatoms. The molecule has 0 saturated heterocycles. The van der Waals surface area contributed by atoms with E-state index in [4.69, 9.17) is 5.73 Å². The van der Waals surface area contributed by atoms with Crippen LogP contribution in [0.4, 0.5) is 0 Å². The van der Waals surface area contributed by atoms with Crippen molar-refractivity contribution in [3.8, 4) is 0 Å². The molecule has 0 aromatic carbocycles. The van der Waals surface area contributed by atoms with Gasteiger partial charge in [0, 0.05) is 6.20 Å². The van der Waals surface area contributed by atoms with E-state index >= 15 is 0 Å². The van der Waals surface area contributed by atoms with Gasteiger partial charge in [0.2, 0.25) is 0 Å². The number of pyridine rings is 1. The highest BCUT2D eigenvalue weighted by Gasteiger charge is 2.43. The van der Waals surface area contributed by atoms with Crippen molar-refractivity contribution in [1.82, 2.24) is 4.98 Å². The highest BCUT2D eigenvalue weighted by molar-refractivity contribution is 5.92. The zero-order valence-electron chi connectivity index (χ0n) is 7.95.